The fourth-order valence-corrected chi connectivity index (χ4v) is 2.76. The van der Waals surface area contributed by atoms with Crippen molar-refractivity contribution in [1.82, 2.24) is 15.2 Å². The summed E-state index contributed by atoms with van der Waals surface area (Å²) >= 11 is 0. The Morgan fingerprint density at radius 1 is 1.32 bits per heavy atom. The molecule has 2 N–H and O–H groups in total. The summed E-state index contributed by atoms with van der Waals surface area (Å²) in [6, 6.07) is 5.26. The van der Waals surface area contributed by atoms with Crippen LogP contribution in [0.5, 0.6) is 0 Å². The SMILES string of the molecule is CC(C)(C)OC(=O)N1CCCC(NCc2cccc(C(=O)O)n2)CC1. The Labute approximate surface area is 148 Å². The average Bonchev–Trinajstić information content (AvgIpc) is 2.77. The molecule has 1 saturated heterocycles. The molecule has 138 valence electrons. The summed E-state index contributed by atoms with van der Waals surface area (Å²) < 4.78 is 5.43. The topological polar surface area (TPSA) is 91.8 Å². The zero-order valence-corrected chi connectivity index (χ0v) is 15.1. The van der Waals surface area contributed by atoms with E-state index >= 15 is 0 Å². The van der Waals surface area contributed by atoms with Crippen molar-refractivity contribution in [3.05, 3.63) is 29.6 Å². The van der Waals surface area contributed by atoms with Crippen LogP contribution in [0.2, 0.25) is 0 Å². The summed E-state index contributed by atoms with van der Waals surface area (Å²) in [5, 5.41) is 12.4. The Kier molecular flexibility index (Phi) is 6.36. The molecule has 25 heavy (non-hydrogen) atoms. The predicted octanol–water partition coefficient (Wildman–Crippen LogP) is 2.66. The standard InChI is InChI=1S/C18H27N3O4/c1-18(2,3)25-17(24)21-10-5-7-13(9-11-21)19-12-14-6-4-8-15(20-14)16(22)23/h4,6,8,13,19H,5,7,9-12H2,1-3H3,(H,22,23). The molecular weight excluding hydrogens is 322 g/mol. The maximum Gasteiger partial charge on any atom is 0.410 e. The Balaban J connectivity index is 1.84. The van der Waals surface area contributed by atoms with Gasteiger partial charge in [-0.05, 0) is 52.2 Å². The van der Waals surface area contributed by atoms with Gasteiger partial charge in [-0.25, -0.2) is 14.6 Å². The van der Waals surface area contributed by atoms with Gasteiger partial charge in [-0.15, -0.1) is 0 Å². The first-order valence-electron chi connectivity index (χ1n) is 8.65. The van der Waals surface area contributed by atoms with E-state index in [1.54, 1.807) is 11.0 Å². The maximum absolute atomic E-state index is 12.2. The highest BCUT2D eigenvalue weighted by Gasteiger charge is 2.25. The van der Waals surface area contributed by atoms with Crippen LogP contribution in [0.15, 0.2) is 18.2 Å². The molecule has 0 aliphatic carbocycles. The number of carboxylic acids is 1. The molecule has 7 heteroatoms. The smallest absolute Gasteiger partial charge is 0.410 e. The van der Waals surface area contributed by atoms with Crippen molar-refractivity contribution >= 4 is 12.1 Å². The molecule has 1 aromatic rings. The van der Waals surface area contributed by atoms with Gasteiger partial charge < -0.3 is 20.1 Å². The lowest BCUT2D eigenvalue weighted by Crippen LogP contribution is -2.38. The van der Waals surface area contributed by atoms with Gasteiger partial charge >= 0.3 is 12.1 Å². The molecule has 2 rings (SSSR count). The Morgan fingerprint density at radius 3 is 2.76 bits per heavy atom. The lowest BCUT2D eigenvalue weighted by Gasteiger charge is -2.26. The highest BCUT2D eigenvalue weighted by molar-refractivity contribution is 5.85. The van der Waals surface area contributed by atoms with E-state index < -0.39 is 11.6 Å². The lowest BCUT2D eigenvalue weighted by molar-refractivity contribution is 0.0255. The van der Waals surface area contributed by atoms with Gasteiger partial charge in [0.15, 0.2) is 0 Å². The van der Waals surface area contributed by atoms with Crippen molar-refractivity contribution in [2.24, 2.45) is 0 Å². The van der Waals surface area contributed by atoms with E-state index in [1.165, 1.54) is 6.07 Å². The van der Waals surface area contributed by atoms with Crippen molar-refractivity contribution in [2.75, 3.05) is 13.1 Å². The molecule has 1 aliphatic heterocycles. The van der Waals surface area contributed by atoms with Crippen molar-refractivity contribution in [1.29, 1.82) is 0 Å². The van der Waals surface area contributed by atoms with Gasteiger partial charge in [0.1, 0.15) is 11.3 Å². The summed E-state index contributed by atoms with van der Waals surface area (Å²) in [7, 11) is 0. The fraction of sp³-hybridized carbons (Fsp3) is 0.611. The Hall–Kier alpha value is -2.15. The minimum Gasteiger partial charge on any atom is -0.477 e. The molecule has 1 aromatic heterocycles. The van der Waals surface area contributed by atoms with Crippen LogP contribution in [0.25, 0.3) is 0 Å². The van der Waals surface area contributed by atoms with Crippen LogP contribution in [0.3, 0.4) is 0 Å². The molecule has 0 bridgehead atoms. The summed E-state index contributed by atoms with van der Waals surface area (Å²) in [5.41, 5.74) is 0.270. The third kappa shape index (κ3) is 6.34. The zero-order valence-electron chi connectivity index (χ0n) is 15.1. The number of pyridine rings is 1. The first-order chi connectivity index (χ1) is 11.7. The molecule has 7 nitrogen and oxygen atoms in total. The summed E-state index contributed by atoms with van der Waals surface area (Å²) in [5.74, 6) is -1.02. The Morgan fingerprint density at radius 2 is 2.08 bits per heavy atom. The first-order valence-corrected chi connectivity index (χ1v) is 8.65. The molecule has 0 saturated carbocycles. The minimum atomic E-state index is -1.02. The van der Waals surface area contributed by atoms with E-state index in [2.05, 4.69) is 10.3 Å². The van der Waals surface area contributed by atoms with E-state index in [-0.39, 0.29) is 17.8 Å². The minimum absolute atomic E-state index is 0.0521. The number of likely N-dealkylation sites (tertiary alicyclic amines) is 1. The number of rotatable bonds is 4. The highest BCUT2D eigenvalue weighted by atomic mass is 16.6. The van der Waals surface area contributed by atoms with Crippen LogP contribution in [0, 0.1) is 0 Å². The number of ether oxygens (including phenoxy) is 1. The molecule has 1 aliphatic rings. The second kappa shape index (κ2) is 8.29. The number of aromatic carboxylic acids is 1. The van der Waals surface area contributed by atoms with E-state index in [0.29, 0.717) is 25.3 Å². The number of carbonyl (C=O) groups is 2. The quantitative estimate of drug-likeness (QED) is 0.868. The van der Waals surface area contributed by atoms with Crippen molar-refractivity contribution < 1.29 is 19.4 Å². The number of carbonyl (C=O) groups excluding carboxylic acids is 1. The predicted molar refractivity (Wildman–Crippen MR) is 93.5 cm³/mol. The average molecular weight is 349 g/mol. The molecule has 1 fully saturated rings. The first kappa shape index (κ1) is 19.2. The molecule has 1 amide bonds. The normalized spacial score (nSPS) is 18.5. The summed E-state index contributed by atoms with van der Waals surface area (Å²) in [6.45, 7) is 7.45. The van der Waals surface area contributed by atoms with E-state index in [9.17, 15) is 9.59 Å². The number of nitrogens with one attached hydrogen (secondary N) is 1. The van der Waals surface area contributed by atoms with Crippen molar-refractivity contribution in [3.63, 3.8) is 0 Å². The lowest BCUT2D eigenvalue weighted by atomic mass is 10.1. The fourth-order valence-electron chi connectivity index (χ4n) is 2.76. The summed E-state index contributed by atoms with van der Waals surface area (Å²) in [6.07, 6.45) is 2.43. The number of nitrogens with zero attached hydrogens (tertiary/aromatic N) is 2. The second-order valence-electron chi connectivity index (χ2n) is 7.30. The maximum atomic E-state index is 12.2. The van der Waals surface area contributed by atoms with Gasteiger partial charge in [0.2, 0.25) is 0 Å². The van der Waals surface area contributed by atoms with Crippen molar-refractivity contribution in [2.45, 2.75) is 58.2 Å². The van der Waals surface area contributed by atoms with Gasteiger partial charge in [0, 0.05) is 25.7 Å². The number of amides is 1. The third-order valence-corrected chi connectivity index (χ3v) is 3.98. The van der Waals surface area contributed by atoms with Crippen LogP contribution < -0.4 is 5.32 Å². The van der Waals surface area contributed by atoms with Gasteiger partial charge in [-0.1, -0.05) is 6.07 Å². The Bertz CT molecular complexity index is 613. The van der Waals surface area contributed by atoms with Gasteiger partial charge in [-0.2, -0.15) is 0 Å². The van der Waals surface area contributed by atoms with Crippen LogP contribution in [0.4, 0.5) is 4.79 Å². The number of carboxylic acid groups (broad SMARTS) is 1. The molecule has 1 unspecified atom stereocenters. The van der Waals surface area contributed by atoms with Gasteiger partial charge in [-0.3, -0.25) is 0 Å². The molecular formula is C18H27N3O4. The number of aromatic nitrogens is 1. The van der Waals surface area contributed by atoms with Crippen LogP contribution >= 0.6 is 0 Å². The highest BCUT2D eigenvalue weighted by Crippen LogP contribution is 2.16. The molecule has 0 aromatic carbocycles. The van der Waals surface area contributed by atoms with Gasteiger partial charge in [0.25, 0.3) is 0 Å². The number of hydrogen-bond acceptors (Lipinski definition) is 5. The van der Waals surface area contributed by atoms with E-state index in [4.69, 9.17) is 9.84 Å². The second-order valence-corrected chi connectivity index (χ2v) is 7.30. The van der Waals surface area contributed by atoms with Crippen LogP contribution in [-0.2, 0) is 11.3 Å². The summed E-state index contributed by atoms with van der Waals surface area (Å²) in [4.78, 5) is 29.0. The van der Waals surface area contributed by atoms with Crippen LogP contribution in [0.1, 0.15) is 56.2 Å². The monoisotopic (exact) mass is 349 g/mol. The van der Waals surface area contributed by atoms with E-state index in [0.717, 1.165) is 19.3 Å². The molecule has 2 heterocycles. The molecule has 1 atom stereocenters. The van der Waals surface area contributed by atoms with E-state index in [1.807, 2.05) is 26.8 Å². The molecule has 0 radical (unpaired) electrons. The van der Waals surface area contributed by atoms with Crippen molar-refractivity contribution in [3.8, 4) is 0 Å². The third-order valence-electron chi connectivity index (χ3n) is 3.98. The van der Waals surface area contributed by atoms with Gasteiger partial charge in [0.05, 0.1) is 5.69 Å². The molecule has 0 spiro atoms. The van der Waals surface area contributed by atoms with Crippen LogP contribution in [-0.4, -0.2) is 51.8 Å². The largest absolute Gasteiger partial charge is 0.477 e. The zero-order chi connectivity index (χ0) is 18.4. The number of hydrogen-bond donors (Lipinski definition) is 2.